The summed E-state index contributed by atoms with van der Waals surface area (Å²) in [6.07, 6.45) is 0.673. The predicted molar refractivity (Wildman–Crippen MR) is 53.8 cm³/mol. The maximum absolute atomic E-state index is 10.9. The van der Waals surface area contributed by atoms with Crippen molar-refractivity contribution in [2.24, 2.45) is 5.92 Å². The number of carboxylic acid groups (broad SMARTS) is 1. The fraction of sp³-hybridized carbons (Fsp3) is 0.900. The molecule has 0 radical (unpaired) electrons. The fourth-order valence-corrected chi connectivity index (χ4v) is 1.22. The maximum atomic E-state index is 10.9. The molecule has 0 unspecified atom stereocenters. The topological polar surface area (TPSA) is 49.3 Å². The van der Waals surface area contributed by atoms with Gasteiger partial charge in [-0.15, -0.1) is 0 Å². The number of nitrogens with one attached hydrogen (secondary N) is 1. The minimum atomic E-state index is -0.761. The Bertz CT molecular complexity index is 170. The second-order valence-electron chi connectivity index (χ2n) is 4.91. The number of hydrogen-bond acceptors (Lipinski definition) is 2. The van der Waals surface area contributed by atoms with E-state index >= 15 is 0 Å². The molecule has 1 atom stereocenters. The fourth-order valence-electron chi connectivity index (χ4n) is 1.22. The summed E-state index contributed by atoms with van der Waals surface area (Å²) in [6.45, 7) is 9.98. The van der Waals surface area contributed by atoms with E-state index in [1.165, 1.54) is 0 Å². The molecule has 0 spiro atoms. The quantitative estimate of drug-likeness (QED) is 0.706. The van der Waals surface area contributed by atoms with Gasteiger partial charge in [0, 0.05) is 5.54 Å². The van der Waals surface area contributed by atoms with Crippen LogP contribution < -0.4 is 5.32 Å². The van der Waals surface area contributed by atoms with Crippen LogP contribution in [0.5, 0.6) is 0 Å². The molecule has 0 aromatic heterocycles. The Hall–Kier alpha value is -0.570. The Labute approximate surface area is 80.5 Å². The van der Waals surface area contributed by atoms with Crippen LogP contribution in [0, 0.1) is 5.92 Å². The van der Waals surface area contributed by atoms with Crippen molar-refractivity contribution in [3.63, 3.8) is 0 Å². The van der Waals surface area contributed by atoms with Gasteiger partial charge in [-0.25, -0.2) is 0 Å². The molecule has 13 heavy (non-hydrogen) atoms. The number of carboxylic acids is 1. The third-order valence-corrected chi connectivity index (χ3v) is 1.61. The van der Waals surface area contributed by atoms with Gasteiger partial charge in [-0.05, 0) is 33.1 Å². The molecule has 3 nitrogen and oxygen atoms in total. The summed E-state index contributed by atoms with van der Waals surface area (Å²) < 4.78 is 0. The maximum Gasteiger partial charge on any atom is 0.320 e. The van der Waals surface area contributed by atoms with Gasteiger partial charge in [-0.3, -0.25) is 10.1 Å². The minimum Gasteiger partial charge on any atom is -0.480 e. The first-order chi connectivity index (χ1) is 5.72. The zero-order chi connectivity index (χ0) is 10.6. The first kappa shape index (κ1) is 12.4. The minimum absolute atomic E-state index is 0.141. The standard InChI is InChI=1S/C10H21NO2/c1-7(2)6-8(9(12)13)11-10(3,4)5/h7-8,11H,6H2,1-5H3,(H,12,13)/t8-/m1/s1. The summed E-state index contributed by atoms with van der Waals surface area (Å²) in [4.78, 5) is 10.9. The highest BCUT2D eigenvalue weighted by atomic mass is 16.4. The van der Waals surface area contributed by atoms with E-state index in [1.807, 2.05) is 34.6 Å². The molecule has 2 N–H and O–H groups in total. The van der Waals surface area contributed by atoms with E-state index in [4.69, 9.17) is 5.11 Å². The zero-order valence-electron chi connectivity index (χ0n) is 9.22. The lowest BCUT2D eigenvalue weighted by molar-refractivity contribution is -0.140. The number of aliphatic carboxylic acids is 1. The van der Waals surface area contributed by atoms with Crippen molar-refractivity contribution in [3.05, 3.63) is 0 Å². The van der Waals surface area contributed by atoms with E-state index < -0.39 is 12.0 Å². The molecule has 0 aliphatic heterocycles. The summed E-state index contributed by atoms with van der Waals surface area (Å²) in [7, 11) is 0. The molecule has 0 aromatic rings. The lowest BCUT2D eigenvalue weighted by atomic mass is 10.00. The highest BCUT2D eigenvalue weighted by Crippen LogP contribution is 2.09. The van der Waals surface area contributed by atoms with E-state index in [2.05, 4.69) is 5.32 Å². The second-order valence-corrected chi connectivity index (χ2v) is 4.91. The SMILES string of the molecule is CC(C)C[C@@H](NC(C)(C)C)C(=O)O. The lowest BCUT2D eigenvalue weighted by Gasteiger charge is -2.26. The molecule has 0 aliphatic rings. The summed E-state index contributed by atoms with van der Waals surface area (Å²) >= 11 is 0. The van der Waals surface area contributed by atoms with Gasteiger partial charge in [0.15, 0.2) is 0 Å². The van der Waals surface area contributed by atoms with E-state index in [0.29, 0.717) is 12.3 Å². The largest absolute Gasteiger partial charge is 0.480 e. The van der Waals surface area contributed by atoms with E-state index in [0.717, 1.165) is 0 Å². The summed E-state index contributed by atoms with van der Waals surface area (Å²) in [5.74, 6) is -0.362. The molecule has 78 valence electrons. The first-order valence-corrected chi connectivity index (χ1v) is 4.73. The van der Waals surface area contributed by atoms with Crippen molar-refractivity contribution in [1.82, 2.24) is 5.32 Å². The van der Waals surface area contributed by atoms with Gasteiger partial charge in [-0.1, -0.05) is 13.8 Å². The smallest absolute Gasteiger partial charge is 0.320 e. The Balaban J connectivity index is 4.19. The van der Waals surface area contributed by atoms with Crippen LogP contribution in [0.1, 0.15) is 41.0 Å². The van der Waals surface area contributed by atoms with Crippen LogP contribution in [0.2, 0.25) is 0 Å². The number of carbonyl (C=O) groups is 1. The third-order valence-electron chi connectivity index (χ3n) is 1.61. The summed E-state index contributed by atoms with van der Waals surface area (Å²) in [5, 5.41) is 12.0. The first-order valence-electron chi connectivity index (χ1n) is 4.73. The van der Waals surface area contributed by atoms with E-state index in [-0.39, 0.29) is 5.54 Å². The van der Waals surface area contributed by atoms with Gasteiger partial charge < -0.3 is 5.11 Å². The predicted octanol–water partition coefficient (Wildman–Crippen LogP) is 1.87. The van der Waals surface area contributed by atoms with Crippen molar-refractivity contribution in [2.45, 2.75) is 52.6 Å². The Kier molecular flexibility index (Phi) is 4.40. The summed E-state index contributed by atoms with van der Waals surface area (Å²) in [6, 6.07) is -0.431. The normalized spacial score (nSPS) is 14.6. The Morgan fingerprint density at radius 1 is 1.38 bits per heavy atom. The van der Waals surface area contributed by atoms with Crippen molar-refractivity contribution in [2.75, 3.05) is 0 Å². The lowest BCUT2D eigenvalue weighted by Crippen LogP contribution is -2.48. The van der Waals surface area contributed by atoms with Gasteiger partial charge in [0.2, 0.25) is 0 Å². The van der Waals surface area contributed by atoms with Crippen molar-refractivity contribution in [3.8, 4) is 0 Å². The number of rotatable bonds is 4. The molecule has 0 rings (SSSR count). The Morgan fingerprint density at radius 2 is 1.85 bits per heavy atom. The molecule has 0 saturated heterocycles. The van der Waals surface area contributed by atoms with E-state index in [9.17, 15) is 4.79 Å². The van der Waals surface area contributed by atoms with Crippen molar-refractivity contribution < 1.29 is 9.90 Å². The number of hydrogen-bond donors (Lipinski definition) is 2. The second kappa shape index (κ2) is 4.61. The van der Waals surface area contributed by atoms with Crippen LogP contribution in [-0.2, 0) is 4.79 Å². The molecular formula is C10H21NO2. The van der Waals surface area contributed by atoms with Crippen molar-refractivity contribution in [1.29, 1.82) is 0 Å². The van der Waals surface area contributed by atoms with Gasteiger partial charge in [-0.2, -0.15) is 0 Å². The molecule has 0 saturated carbocycles. The monoisotopic (exact) mass is 187 g/mol. The zero-order valence-corrected chi connectivity index (χ0v) is 9.22. The highest BCUT2D eigenvalue weighted by Gasteiger charge is 2.23. The highest BCUT2D eigenvalue weighted by molar-refractivity contribution is 5.73. The van der Waals surface area contributed by atoms with Crippen molar-refractivity contribution >= 4 is 5.97 Å². The van der Waals surface area contributed by atoms with E-state index in [1.54, 1.807) is 0 Å². The molecule has 0 heterocycles. The molecular weight excluding hydrogens is 166 g/mol. The van der Waals surface area contributed by atoms with Gasteiger partial charge in [0.05, 0.1) is 0 Å². The molecule has 0 aliphatic carbocycles. The molecule has 0 fully saturated rings. The molecule has 0 aromatic carbocycles. The van der Waals surface area contributed by atoms with Crippen LogP contribution in [0.15, 0.2) is 0 Å². The van der Waals surface area contributed by atoms with Gasteiger partial charge in [0.25, 0.3) is 0 Å². The molecule has 0 amide bonds. The average molecular weight is 187 g/mol. The van der Waals surface area contributed by atoms with Gasteiger partial charge >= 0.3 is 5.97 Å². The summed E-state index contributed by atoms with van der Waals surface area (Å²) in [5.41, 5.74) is -0.141. The van der Waals surface area contributed by atoms with Crippen LogP contribution in [0.4, 0.5) is 0 Å². The van der Waals surface area contributed by atoms with Crippen LogP contribution >= 0.6 is 0 Å². The van der Waals surface area contributed by atoms with Gasteiger partial charge in [0.1, 0.15) is 6.04 Å². The average Bonchev–Trinajstić information content (AvgIpc) is 1.81. The molecule has 0 bridgehead atoms. The Morgan fingerprint density at radius 3 is 2.08 bits per heavy atom. The van der Waals surface area contributed by atoms with Crippen LogP contribution in [0.3, 0.4) is 0 Å². The van der Waals surface area contributed by atoms with Crippen LogP contribution in [0.25, 0.3) is 0 Å². The van der Waals surface area contributed by atoms with Crippen LogP contribution in [-0.4, -0.2) is 22.7 Å². The third kappa shape index (κ3) is 6.58. The molecule has 3 heteroatoms.